The lowest BCUT2D eigenvalue weighted by Crippen LogP contribution is -2.46. The highest BCUT2D eigenvalue weighted by Crippen LogP contribution is 2.55. The maximum Gasteiger partial charge on any atom is 0.312 e. The number of hydrogen-bond donors (Lipinski definition) is 6. The van der Waals surface area contributed by atoms with Gasteiger partial charge in [0.15, 0.2) is 5.75 Å². The molecule has 9 atom stereocenters. The number of esters is 1. The zero-order valence-corrected chi connectivity index (χ0v) is 41.7. The zero-order valence-electron chi connectivity index (χ0n) is 41.7. The third-order valence-electron chi connectivity index (χ3n) is 14.2. The molecular weight excluding hydrogens is 871 g/mol. The predicted molar refractivity (Wildman–Crippen MR) is 263 cm³/mol. The van der Waals surface area contributed by atoms with Crippen LogP contribution in [0.1, 0.15) is 153 Å². The SMILES string of the molecule is CO[C@@H]1C=CO[C@@]2(C)Oc3c(C)c(O)c4c(O)c(c(C=NN5CCCCCCCCCCCCCCC5)c(O)c4c3C2=O)NC(=O)C(C)=CC=C[C@H](C)[C@H](O)[C@H](C)[C@H](O)[C@H](C)[C@@H](OC(C)=O)[C@@H]1C. The van der Waals surface area contributed by atoms with Crippen LogP contribution in [0.5, 0.6) is 23.0 Å². The lowest BCUT2D eigenvalue weighted by Gasteiger charge is -2.38. The van der Waals surface area contributed by atoms with E-state index in [2.05, 4.69) is 5.32 Å². The first-order valence-electron chi connectivity index (χ1n) is 24.7. The Balaban J connectivity index is 1.66. The third-order valence-corrected chi connectivity index (χ3v) is 14.2. The fourth-order valence-corrected chi connectivity index (χ4v) is 9.77. The summed E-state index contributed by atoms with van der Waals surface area (Å²) in [4.78, 5) is 41.1. The number of allylic oxidation sites excluding steroid dienone is 2. The molecule has 4 aliphatic rings. The quantitative estimate of drug-likeness (QED) is 0.0730. The second kappa shape index (κ2) is 24.4. The number of phenolic OH excluding ortho intramolecular Hbond substituents is 3. The van der Waals surface area contributed by atoms with Gasteiger partial charge in [0.05, 0.1) is 53.0 Å². The van der Waals surface area contributed by atoms with Crippen LogP contribution in [0, 0.1) is 30.6 Å². The molecule has 4 aliphatic heterocycles. The Kier molecular flexibility index (Phi) is 19.3. The monoisotopic (exact) mass is 948 g/mol. The molecule has 4 heterocycles. The van der Waals surface area contributed by atoms with Crippen molar-refractivity contribution in [2.24, 2.45) is 28.8 Å². The van der Waals surface area contributed by atoms with E-state index in [1.807, 2.05) is 5.01 Å². The molecule has 68 heavy (non-hydrogen) atoms. The van der Waals surface area contributed by atoms with E-state index in [1.165, 1.54) is 97.5 Å². The summed E-state index contributed by atoms with van der Waals surface area (Å²) in [7, 11) is 1.45. The minimum atomic E-state index is -2.05. The van der Waals surface area contributed by atoms with Gasteiger partial charge in [-0.3, -0.25) is 19.4 Å². The van der Waals surface area contributed by atoms with E-state index in [1.54, 1.807) is 46.8 Å². The van der Waals surface area contributed by atoms with E-state index in [0.717, 1.165) is 38.5 Å². The van der Waals surface area contributed by atoms with Gasteiger partial charge >= 0.3 is 11.8 Å². The molecule has 5 bridgehead atoms. The van der Waals surface area contributed by atoms with Gasteiger partial charge in [-0.2, -0.15) is 5.10 Å². The van der Waals surface area contributed by atoms with Crippen LogP contribution in [-0.2, 0) is 23.8 Å². The molecule has 0 unspecified atom stereocenters. The molecule has 1 fully saturated rings. The smallest absolute Gasteiger partial charge is 0.312 e. The van der Waals surface area contributed by atoms with Gasteiger partial charge < -0.3 is 49.8 Å². The summed E-state index contributed by atoms with van der Waals surface area (Å²) in [6.07, 6.45) is 19.9. The Labute approximate surface area is 402 Å². The number of aromatic hydroxyl groups is 3. The minimum Gasteiger partial charge on any atom is -0.507 e. The number of fused-ring (bicyclic) bond motifs is 14. The van der Waals surface area contributed by atoms with Gasteiger partial charge in [-0.25, -0.2) is 0 Å². The molecule has 0 radical (unpaired) electrons. The van der Waals surface area contributed by atoms with Crippen molar-refractivity contribution in [1.82, 2.24) is 5.01 Å². The number of hydrogen-bond acceptors (Lipinski definition) is 14. The maximum absolute atomic E-state index is 14.7. The average molecular weight is 948 g/mol. The Morgan fingerprint density at radius 1 is 0.809 bits per heavy atom. The molecule has 0 aromatic heterocycles. The van der Waals surface area contributed by atoms with Crippen LogP contribution < -0.4 is 10.1 Å². The summed E-state index contributed by atoms with van der Waals surface area (Å²) >= 11 is 0. The van der Waals surface area contributed by atoms with Gasteiger partial charge in [0.2, 0.25) is 0 Å². The number of Topliss-reactive ketones (excluding diaryl/α,β-unsaturated/α-hetero) is 1. The number of ketones is 1. The van der Waals surface area contributed by atoms with Crippen LogP contribution in [0.2, 0.25) is 0 Å². The van der Waals surface area contributed by atoms with E-state index in [4.69, 9.17) is 24.0 Å². The zero-order chi connectivity index (χ0) is 49.9. The minimum absolute atomic E-state index is 0.0696. The molecule has 0 aliphatic carbocycles. The molecule has 15 nitrogen and oxygen atoms in total. The van der Waals surface area contributed by atoms with Crippen molar-refractivity contribution < 1.29 is 58.9 Å². The maximum atomic E-state index is 14.7. The van der Waals surface area contributed by atoms with Crippen LogP contribution in [-0.4, -0.2) is 105 Å². The molecular formula is C53H77N3O12. The topological polar surface area (TPSA) is 217 Å². The Morgan fingerprint density at radius 3 is 1.94 bits per heavy atom. The number of benzene rings is 2. The van der Waals surface area contributed by atoms with Crippen molar-refractivity contribution in [2.45, 2.75) is 169 Å². The molecule has 2 aromatic rings. The van der Waals surface area contributed by atoms with Crippen molar-refractivity contribution >= 4 is 40.3 Å². The van der Waals surface area contributed by atoms with E-state index in [0.29, 0.717) is 13.1 Å². The van der Waals surface area contributed by atoms with Gasteiger partial charge in [0.25, 0.3) is 11.7 Å². The lowest BCUT2D eigenvalue weighted by atomic mass is 9.78. The van der Waals surface area contributed by atoms with Crippen LogP contribution in [0.3, 0.4) is 0 Å². The fourth-order valence-electron chi connectivity index (χ4n) is 9.77. The van der Waals surface area contributed by atoms with Gasteiger partial charge in [0, 0.05) is 74.2 Å². The lowest BCUT2D eigenvalue weighted by molar-refractivity contribution is -0.160. The van der Waals surface area contributed by atoms with Gasteiger partial charge in [0.1, 0.15) is 23.4 Å². The number of phenols is 3. The highest BCUT2D eigenvalue weighted by atomic mass is 16.7. The fraction of sp³-hybridized carbons (Fsp3) is 0.623. The molecule has 6 rings (SSSR count). The van der Waals surface area contributed by atoms with E-state index < -0.39 is 88.8 Å². The van der Waals surface area contributed by atoms with Crippen LogP contribution in [0.25, 0.3) is 10.8 Å². The van der Waals surface area contributed by atoms with Gasteiger partial charge in [-0.05, 0) is 32.8 Å². The number of rotatable bonds is 4. The highest BCUT2D eigenvalue weighted by Gasteiger charge is 2.50. The molecule has 1 amide bonds. The average Bonchev–Trinajstić information content (AvgIpc) is 3.57. The first-order chi connectivity index (χ1) is 32.3. The Bertz CT molecular complexity index is 2200. The predicted octanol–water partition coefficient (Wildman–Crippen LogP) is 9.47. The number of nitrogens with one attached hydrogen (secondary N) is 1. The summed E-state index contributed by atoms with van der Waals surface area (Å²) in [5.41, 5.74) is -0.238. The van der Waals surface area contributed by atoms with Crippen molar-refractivity contribution in [1.29, 1.82) is 0 Å². The first-order valence-corrected chi connectivity index (χ1v) is 24.7. The largest absolute Gasteiger partial charge is 0.507 e. The number of anilines is 1. The number of carbonyl (C=O) groups excluding carboxylic acids is 3. The highest BCUT2D eigenvalue weighted by molar-refractivity contribution is 6.23. The standard InChI is InChI=1S/C53H77N3O12/c1-31-24-23-25-32(2)52(64)55-43-38(30-54-56-27-21-19-17-15-13-11-10-12-14-16-18-20-22-28-56)47(61)40-41(48(43)62)46(60)36(6)50-42(40)51(63)53(8,68-50)66-29-26-39(65-9)33(3)49(67-37(7)57)35(5)45(59)34(4)44(31)58/h23-26,29-31,33-35,39,44-45,49,58-62H,10-22,27-28H2,1-9H3,(H,55,64)/t31-,33+,34-,35-,39+,44-,45-,49-,53-/m0/s1. The second-order valence-electron chi connectivity index (χ2n) is 19.4. The molecule has 15 heteroatoms. The second-order valence-corrected chi connectivity index (χ2v) is 19.4. The van der Waals surface area contributed by atoms with Crippen molar-refractivity contribution in [2.75, 3.05) is 25.5 Å². The Hall–Kier alpha value is -5.12. The number of ether oxygens (including phenoxy) is 4. The number of methoxy groups -OCH3 is 1. The molecule has 0 spiro atoms. The van der Waals surface area contributed by atoms with Gasteiger partial charge in [-0.15, -0.1) is 0 Å². The molecule has 1 saturated heterocycles. The summed E-state index contributed by atoms with van der Waals surface area (Å²) in [6, 6.07) is 0. The number of nitrogens with zero attached hydrogens (tertiary/aromatic N) is 2. The third kappa shape index (κ3) is 12.6. The summed E-state index contributed by atoms with van der Waals surface area (Å²) in [6.45, 7) is 14.0. The van der Waals surface area contributed by atoms with Crippen LogP contribution in [0.4, 0.5) is 5.69 Å². The summed E-state index contributed by atoms with van der Waals surface area (Å²) in [5.74, 6) is -8.23. The number of amides is 1. The number of aliphatic hydroxyl groups is 2. The van der Waals surface area contributed by atoms with Crippen LogP contribution >= 0.6 is 0 Å². The normalized spacial score (nSPS) is 29.2. The number of hydrazone groups is 1. The first kappa shape index (κ1) is 53.8. The van der Waals surface area contributed by atoms with E-state index in [9.17, 15) is 39.9 Å². The molecule has 6 N–H and O–H groups in total. The molecule has 0 saturated carbocycles. The summed E-state index contributed by atoms with van der Waals surface area (Å²) in [5, 5.41) is 68.4. The summed E-state index contributed by atoms with van der Waals surface area (Å²) < 4.78 is 23.9. The van der Waals surface area contributed by atoms with E-state index in [-0.39, 0.29) is 44.5 Å². The Morgan fingerprint density at radius 2 is 1.38 bits per heavy atom. The number of aliphatic hydroxyl groups excluding tert-OH is 2. The van der Waals surface area contributed by atoms with Crippen LogP contribution in [0.15, 0.2) is 41.2 Å². The molecule has 2 aromatic carbocycles. The van der Waals surface area contributed by atoms with Crippen molar-refractivity contribution in [3.8, 4) is 23.0 Å². The van der Waals surface area contributed by atoms with Gasteiger partial charge in [-0.1, -0.05) is 117 Å². The van der Waals surface area contributed by atoms with Crippen molar-refractivity contribution in [3.63, 3.8) is 0 Å². The van der Waals surface area contributed by atoms with E-state index >= 15 is 0 Å². The number of carbonyl (C=O) groups is 3. The van der Waals surface area contributed by atoms with Crippen molar-refractivity contribution in [3.05, 3.63) is 52.8 Å². The molecule has 376 valence electrons.